The molecular weight excluding hydrogens is 266 g/mol. The average Bonchev–Trinajstić information content (AvgIpc) is 2.47. The molecule has 0 heterocycles. The zero-order chi connectivity index (χ0) is 15.4. The fourth-order valence-corrected chi connectivity index (χ4v) is 2.85. The number of carbonyl (C=O) groups is 2. The Hall–Kier alpha value is -2.10. The molecule has 0 aliphatic heterocycles. The number of carbonyl (C=O) groups excluding carboxylic acids is 1. The van der Waals surface area contributed by atoms with E-state index in [9.17, 15) is 14.7 Å². The highest BCUT2D eigenvalue weighted by Gasteiger charge is 2.34. The monoisotopic (exact) mass is 287 g/mol. The van der Waals surface area contributed by atoms with Gasteiger partial charge in [0, 0.05) is 0 Å². The van der Waals surface area contributed by atoms with Crippen molar-refractivity contribution in [2.24, 2.45) is 11.8 Å². The molecule has 4 nitrogen and oxygen atoms in total. The molecule has 1 aromatic rings. The molecule has 1 aliphatic carbocycles. The summed E-state index contributed by atoms with van der Waals surface area (Å²) in [6, 6.07) is 7.75. The summed E-state index contributed by atoms with van der Waals surface area (Å²) in [5.74, 6) is -2.19. The number of carboxylic acids is 1. The van der Waals surface area contributed by atoms with Crippen molar-refractivity contribution in [1.82, 2.24) is 5.32 Å². The van der Waals surface area contributed by atoms with Crippen LogP contribution in [0.15, 0.2) is 36.4 Å². The van der Waals surface area contributed by atoms with Gasteiger partial charge in [-0.15, -0.1) is 0 Å². The van der Waals surface area contributed by atoms with Gasteiger partial charge < -0.3 is 10.4 Å². The van der Waals surface area contributed by atoms with Crippen LogP contribution < -0.4 is 5.32 Å². The number of hydrogen-bond donors (Lipinski definition) is 2. The second-order valence-corrected chi connectivity index (χ2v) is 5.58. The molecule has 0 spiro atoms. The largest absolute Gasteiger partial charge is 0.481 e. The van der Waals surface area contributed by atoms with Gasteiger partial charge in [-0.05, 0) is 37.8 Å². The standard InChI is InChI=1S/C17H21NO3/c1-11-7-3-4-8-13(11)12(2)18-16(19)14-9-5-6-10-15(14)17(20)21/h3-8,12,14-15H,9-10H2,1-2H3,(H,18,19)(H,20,21)/t12?,14-,15+/m1/s1. The van der Waals surface area contributed by atoms with Gasteiger partial charge in [0.25, 0.3) is 0 Å². The molecule has 3 atom stereocenters. The smallest absolute Gasteiger partial charge is 0.307 e. The quantitative estimate of drug-likeness (QED) is 0.837. The number of aryl methyl sites for hydroxylation is 1. The van der Waals surface area contributed by atoms with E-state index in [1.807, 2.05) is 50.3 Å². The van der Waals surface area contributed by atoms with Crippen molar-refractivity contribution in [3.05, 3.63) is 47.5 Å². The van der Waals surface area contributed by atoms with Crippen LogP contribution in [-0.2, 0) is 9.59 Å². The van der Waals surface area contributed by atoms with Gasteiger partial charge in [0.15, 0.2) is 0 Å². The van der Waals surface area contributed by atoms with Gasteiger partial charge in [-0.3, -0.25) is 9.59 Å². The van der Waals surface area contributed by atoms with Gasteiger partial charge in [0.05, 0.1) is 17.9 Å². The van der Waals surface area contributed by atoms with Gasteiger partial charge in [-0.25, -0.2) is 0 Å². The first-order valence-electron chi connectivity index (χ1n) is 7.24. The van der Waals surface area contributed by atoms with Crippen molar-refractivity contribution < 1.29 is 14.7 Å². The van der Waals surface area contributed by atoms with E-state index in [4.69, 9.17) is 0 Å². The minimum absolute atomic E-state index is 0.126. The Kier molecular flexibility index (Phi) is 4.78. The number of allylic oxidation sites excluding steroid dienone is 2. The minimum atomic E-state index is -0.900. The number of benzene rings is 1. The van der Waals surface area contributed by atoms with E-state index in [1.54, 1.807) is 0 Å². The third-order valence-electron chi connectivity index (χ3n) is 4.10. The number of carboxylic acid groups (broad SMARTS) is 1. The molecule has 0 fully saturated rings. The van der Waals surface area contributed by atoms with Crippen molar-refractivity contribution in [3.63, 3.8) is 0 Å². The van der Waals surface area contributed by atoms with Crippen LogP contribution in [-0.4, -0.2) is 17.0 Å². The van der Waals surface area contributed by atoms with Gasteiger partial charge >= 0.3 is 5.97 Å². The number of amides is 1. The van der Waals surface area contributed by atoms with E-state index < -0.39 is 17.8 Å². The fourth-order valence-electron chi connectivity index (χ4n) is 2.85. The Morgan fingerprint density at radius 2 is 1.81 bits per heavy atom. The Bertz CT molecular complexity index is 565. The maximum Gasteiger partial charge on any atom is 0.307 e. The number of aliphatic carboxylic acids is 1. The first-order chi connectivity index (χ1) is 10.0. The molecule has 2 N–H and O–H groups in total. The molecule has 0 bridgehead atoms. The third-order valence-corrected chi connectivity index (χ3v) is 4.10. The number of rotatable bonds is 4. The summed E-state index contributed by atoms with van der Waals surface area (Å²) in [6.45, 7) is 3.93. The van der Waals surface area contributed by atoms with Crippen LogP contribution in [0.1, 0.15) is 36.9 Å². The lowest BCUT2D eigenvalue weighted by molar-refractivity contribution is -0.147. The maximum atomic E-state index is 12.4. The molecule has 1 aliphatic rings. The predicted octanol–water partition coefficient (Wildman–Crippen LogP) is 2.84. The first kappa shape index (κ1) is 15.3. The zero-order valence-electron chi connectivity index (χ0n) is 12.4. The van der Waals surface area contributed by atoms with Gasteiger partial charge in [-0.2, -0.15) is 0 Å². The molecule has 1 amide bonds. The van der Waals surface area contributed by atoms with Crippen molar-refractivity contribution >= 4 is 11.9 Å². The average molecular weight is 287 g/mol. The molecular formula is C17H21NO3. The SMILES string of the molecule is Cc1ccccc1C(C)NC(=O)[C@@H]1CC=CC[C@@H]1C(=O)O. The topological polar surface area (TPSA) is 66.4 Å². The normalized spacial score (nSPS) is 22.6. The highest BCUT2D eigenvalue weighted by atomic mass is 16.4. The minimum Gasteiger partial charge on any atom is -0.481 e. The summed E-state index contributed by atoms with van der Waals surface area (Å²) in [5.41, 5.74) is 2.17. The van der Waals surface area contributed by atoms with E-state index in [0.717, 1.165) is 11.1 Å². The molecule has 2 rings (SSSR count). The van der Waals surface area contributed by atoms with E-state index in [1.165, 1.54) is 0 Å². The molecule has 0 aromatic heterocycles. The lowest BCUT2D eigenvalue weighted by Gasteiger charge is -2.26. The van der Waals surface area contributed by atoms with Crippen molar-refractivity contribution in [1.29, 1.82) is 0 Å². The lowest BCUT2D eigenvalue weighted by Crippen LogP contribution is -2.39. The second-order valence-electron chi connectivity index (χ2n) is 5.58. The van der Waals surface area contributed by atoms with Gasteiger partial charge in [0.2, 0.25) is 5.91 Å². The van der Waals surface area contributed by atoms with Crippen LogP contribution in [0.25, 0.3) is 0 Å². The molecule has 112 valence electrons. The highest BCUT2D eigenvalue weighted by Crippen LogP contribution is 2.27. The molecule has 4 heteroatoms. The molecule has 0 radical (unpaired) electrons. The summed E-state index contributed by atoms with van der Waals surface area (Å²) in [5, 5.41) is 12.2. The maximum absolute atomic E-state index is 12.4. The first-order valence-corrected chi connectivity index (χ1v) is 7.24. The summed E-state index contributed by atoms with van der Waals surface area (Å²) < 4.78 is 0. The molecule has 1 aromatic carbocycles. The Balaban J connectivity index is 2.08. The fraction of sp³-hybridized carbons (Fsp3) is 0.412. The van der Waals surface area contributed by atoms with Crippen LogP contribution >= 0.6 is 0 Å². The summed E-state index contributed by atoms with van der Waals surface area (Å²) in [4.78, 5) is 23.7. The number of hydrogen-bond acceptors (Lipinski definition) is 2. The predicted molar refractivity (Wildman–Crippen MR) is 80.7 cm³/mol. The molecule has 1 unspecified atom stereocenters. The lowest BCUT2D eigenvalue weighted by atomic mass is 9.82. The summed E-state index contributed by atoms with van der Waals surface area (Å²) >= 11 is 0. The van der Waals surface area contributed by atoms with Crippen LogP contribution in [0.2, 0.25) is 0 Å². The number of nitrogens with one attached hydrogen (secondary N) is 1. The van der Waals surface area contributed by atoms with Gasteiger partial charge in [-0.1, -0.05) is 36.4 Å². The molecule has 0 saturated carbocycles. The summed E-state index contributed by atoms with van der Waals surface area (Å²) in [6.07, 6.45) is 4.64. The molecule has 0 saturated heterocycles. The van der Waals surface area contributed by atoms with E-state index >= 15 is 0 Å². The third kappa shape index (κ3) is 3.51. The van der Waals surface area contributed by atoms with E-state index in [0.29, 0.717) is 12.8 Å². The molecule has 21 heavy (non-hydrogen) atoms. The van der Waals surface area contributed by atoms with Crippen LogP contribution in [0.5, 0.6) is 0 Å². The van der Waals surface area contributed by atoms with Crippen LogP contribution in [0.4, 0.5) is 0 Å². The Morgan fingerprint density at radius 1 is 1.19 bits per heavy atom. The van der Waals surface area contributed by atoms with E-state index in [-0.39, 0.29) is 11.9 Å². The highest BCUT2D eigenvalue weighted by molar-refractivity contribution is 5.85. The second kappa shape index (κ2) is 6.57. The summed E-state index contributed by atoms with van der Waals surface area (Å²) in [7, 11) is 0. The van der Waals surface area contributed by atoms with E-state index in [2.05, 4.69) is 5.32 Å². The van der Waals surface area contributed by atoms with Crippen molar-refractivity contribution in [2.45, 2.75) is 32.7 Å². The Morgan fingerprint density at radius 3 is 2.43 bits per heavy atom. The van der Waals surface area contributed by atoms with Crippen molar-refractivity contribution in [3.8, 4) is 0 Å². The Labute approximate surface area is 124 Å². The van der Waals surface area contributed by atoms with Crippen molar-refractivity contribution in [2.75, 3.05) is 0 Å². The van der Waals surface area contributed by atoms with Crippen LogP contribution in [0, 0.1) is 18.8 Å². The van der Waals surface area contributed by atoms with Gasteiger partial charge in [0.1, 0.15) is 0 Å². The van der Waals surface area contributed by atoms with Crippen LogP contribution in [0.3, 0.4) is 0 Å². The zero-order valence-corrected chi connectivity index (χ0v) is 12.4.